The first kappa shape index (κ1) is 15.0. The Kier molecular flexibility index (Phi) is 4.12. The van der Waals surface area contributed by atoms with E-state index in [-0.39, 0.29) is 22.5 Å². The van der Waals surface area contributed by atoms with Crippen molar-refractivity contribution in [2.45, 2.75) is 30.8 Å². The van der Waals surface area contributed by atoms with Gasteiger partial charge in [0.1, 0.15) is 0 Å². The van der Waals surface area contributed by atoms with E-state index in [0.29, 0.717) is 13.1 Å². The van der Waals surface area contributed by atoms with E-state index in [2.05, 4.69) is 5.32 Å². The highest BCUT2D eigenvalue weighted by atomic mass is 32.2. The lowest BCUT2D eigenvalue weighted by atomic mass is 10.1. The van der Waals surface area contributed by atoms with Crippen molar-refractivity contribution in [2.24, 2.45) is 5.73 Å². The molecule has 1 saturated heterocycles. The molecular weight excluding hydrogens is 278 g/mol. The van der Waals surface area contributed by atoms with Crippen molar-refractivity contribution in [1.29, 1.82) is 0 Å². The van der Waals surface area contributed by atoms with Crippen LogP contribution in [-0.2, 0) is 10.0 Å². The van der Waals surface area contributed by atoms with Gasteiger partial charge < -0.3 is 11.1 Å². The fraction of sp³-hybridized carbons (Fsp3) is 0.462. The maximum absolute atomic E-state index is 12.7. The third-order valence-corrected chi connectivity index (χ3v) is 5.68. The largest absolute Gasteiger partial charge is 0.366 e. The van der Waals surface area contributed by atoms with Gasteiger partial charge in [0, 0.05) is 30.7 Å². The van der Waals surface area contributed by atoms with Gasteiger partial charge in [0.15, 0.2) is 0 Å². The quantitative estimate of drug-likeness (QED) is 0.831. The van der Waals surface area contributed by atoms with Gasteiger partial charge >= 0.3 is 0 Å². The minimum atomic E-state index is -3.61. The number of nitrogens with zero attached hydrogens (tertiary/aromatic N) is 1. The van der Waals surface area contributed by atoms with Crippen molar-refractivity contribution in [3.8, 4) is 0 Å². The van der Waals surface area contributed by atoms with E-state index in [1.165, 1.54) is 28.6 Å². The zero-order valence-corrected chi connectivity index (χ0v) is 12.4. The van der Waals surface area contributed by atoms with Crippen LogP contribution in [-0.4, -0.2) is 43.8 Å². The van der Waals surface area contributed by atoms with Crippen molar-refractivity contribution in [1.82, 2.24) is 9.62 Å². The molecule has 110 valence electrons. The summed E-state index contributed by atoms with van der Waals surface area (Å²) in [6, 6.07) is 5.79. The summed E-state index contributed by atoms with van der Waals surface area (Å²) in [5, 5.41) is 3.23. The first-order valence-corrected chi connectivity index (χ1v) is 7.93. The number of benzene rings is 1. The van der Waals surface area contributed by atoms with Crippen LogP contribution in [0.2, 0.25) is 0 Å². The summed E-state index contributed by atoms with van der Waals surface area (Å²) >= 11 is 0. The Morgan fingerprint density at radius 2 is 2.10 bits per heavy atom. The van der Waals surface area contributed by atoms with Crippen LogP contribution in [0.5, 0.6) is 0 Å². The van der Waals surface area contributed by atoms with Gasteiger partial charge in [-0.15, -0.1) is 0 Å². The first-order valence-electron chi connectivity index (χ1n) is 6.49. The minimum Gasteiger partial charge on any atom is -0.366 e. The van der Waals surface area contributed by atoms with Crippen LogP contribution in [0.15, 0.2) is 29.2 Å². The maximum Gasteiger partial charge on any atom is 0.248 e. The summed E-state index contributed by atoms with van der Waals surface area (Å²) in [6.45, 7) is 4.84. The number of nitrogens with one attached hydrogen (secondary N) is 1. The molecule has 0 radical (unpaired) electrons. The van der Waals surface area contributed by atoms with E-state index < -0.39 is 15.9 Å². The SMILES string of the molecule is CC1NCCN(S(=O)(=O)c2cccc(C(N)=O)c2)C1C. The molecule has 1 aliphatic rings. The van der Waals surface area contributed by atoms with Crippen LogP contribution in [0.1, 0.15) is 24.2 Å². The van der Waals surface area contributed by atoms with Crippen molar-refractivity contribution < 1.29 is 13.2 Å². The van der Waals surface area contributed by atoms with Gasteiger partial charge in [-0.1, -0.05) is 6.07 Å². The molecule has 0 bridgehead atoms. The number of hydrogen-bond donors (Lipinski definition) is 2. The number of piperazine rings is 1. The molecule has 6 nitrogen and oxygen atoms in total. The molecule has 1 fully saturated rings. The Hall–Kier alpha value is -1.44. The molecule has 1 aromatic rings. The highest BCUT2D eigenvalue weighted by Crippen LogP contribution is 2.22. The van der Waals surface area contributed by atoms with Crippen LogP contribution in [0, 0.1) is 0 Å². The normalized spacial score (nSPS) is 24.5. The van der Waals surface area contributed by atoms with Crippen LogP contribution in [0.4, 0.5) is 0 Å². The van der Waals surface area contributed by atoms with E-state index in [0.717, 1.165) is 0 Å². The molecule has 1 amide bonds. The lowest BCUT2D eigenvalue weighted by molar-refractivity contribution is 0.1000. The van der Waals surface area contributed by atoms with Gasteiger partial charge in [-0.3, -0.25) is 4.79 Å². The molecule has 3 N–H and O–H groups in total. The molecule has 7 heteroatoms. The van der Waals surface area contributed by atoms with E-state index in [1.54, 1.807) is 0 Å². The topological polar surface area (TPSA) is 92.5 Å². The van der Waals surface area contributed by atoms with Gasteiger partial charge in [-0.2, -0.15) is 4.31 Å². The third-order valence-electron chi connectivity index (χ3n) is 3.70. The van der Waals surface area contributed by atoms with Crippen LogP contribution in [0.3, 0.4) is 0 Å². The fourth-order valence-corrected chi connectivity index (χ4v) is 4.06. The molecule has 0 aliphatic carbocycles. The molecule has 2 atom stereocenters. The van der Waals surface area contributed by atoms with Crippen molar-refractivity contribution >= 4 is 15.9 Å². The second kappa shape index (κ2) is 5.51. The van der Waals surface area contributed by atoms with E-state index >= 15 is 0 Å². The predicted octanol–water partition coefficient (Wildman–Crippen LogP) is 0.156. The number of rotatable bonds is 3. The Balaban J connectivity index is 2.39. The Morgan fingerprint density at radius 1 is 1.40 bits per heavy atom. The average molecular weight is 297 g/mol. The molecule has 20 heavy (non-hydrogen) atoms. The van der Waals surface area contributed by atoms with Gasteiger partial charge in [0.2, 0.25) is 15.9 Å². The monoisotopic (exact) mass is 297 g/mol. The lowest BCUT2D eigenvalue weighted by Crippen LogP contribution is -2.57. The van der Waals surface area contributed by atoms with Gasteiger partial charge in [-0.05, 0) is 32.0 Å². The van der Waals surface area contributed by atoms with Crippen molar-refractivity contribution in [2.75, 3.05) is 13.1 Å². The van der Waals surface area contributed by atoms with Crippen LogP contribution < -0.4 is 11.1 Å². The number of sulfonamides is 1. The van der Waals surface area contributed by atoms with Crippen molar-refractivity contribution in [3.05, 3.63) is 29.8 Å². The smallest absolute Gasteiger partial charge is 0.248 e. The Morgan fingerprint density at radius 3 is 2.75 bits per heavy atom. The highest BCUT2D eigenvalue weighted by molar-refractivity contribution is 7.89. The summed E-state index contributed by atoms with van der Waals surface area (Å²) in [7, 11) is -3.61. The molecule has 2 unspecified atom stereocenters. The lowest BCUT2D eigenvalue weighted by Gasteiger charge is -2.37. The molecule has 0 spiro atoms. The summed E-state index contributed by atoms with van der Waals surface area (Å²) < 4.78 is 26.8. The molecular formula is C13H19N3O3S. The molecule has 1 heterocycles. The van der Waals surface area contributed by atoms with Crippen LogP contribution in [0.25, 0.3) is 0 Å². The van der Waals surface area contributed by atoms with E-state index in [9.17, 15) is 13.2 Å². The molecule has 0 saturated carbocycles. The number of carbonyl (C=O) groups is 1. The molecule has 2 rings (SSSR count). The molecule has 1 aromatic carbocycles. The molecule has 0 aromatic heterocycles. The van der Waals surface area contributed by atoms with Crippen molar-refractivity contribution in [3.63, 3.8) is 0 Å². The van der Waals surface area contributed by atoms with Crippen LogP contribution >= 0.6 is 0 Å². The minimum absolute atomic E-state index is 0.0813. The summed E-state index contributed by atoms with van der Waals surface area (Å²) in [4.78, 5) is 11.3. The fourth-order valence-electron chi connectivity index (χ4n) is 2.31. The number of hydrogen-bond acceptors (Lipinski definition) is 4. The second-order valence-corrected chi connectivity index (χ2v) is 6.88. The Bertz CT molecular complexity index is 615. The van der Waals surface area contributed by atoms with Gasteiger partial charge in [-0.25, -0.2) is 8.42 Å². The standard InChI is InChI=1S/C13H19N3O3S/c1-9-10(2)16(7-6-15-9)20(18,19)12-5-3-4-11(8-12)13(14)17/h3-5,8-10,15H,6-7H2,1-2H3,(H2,14,17). The summed E-state index contributed by atoms with van der Waals surface area (Å²) in [5.41, 5.74) is 5.39. The van der Waals surface area contributed by atoms with Gasteiger partial charge in [0.25, 0.3) is 0 Å². The summed E-state index contributed by atoms with van der Waals surface area (Å²) in [5.74, 6) is -0.635. The summed E-state index contributed by atoms with van der Waals surface area (Å²) in [6.07, 6.45) is 0. The average Bonchev–Trinajstić information content (AvgIpc) is 2.41. The third kappa shape index (κ3) is 2.70. The predicted molar refractivity (Wildman–Crippen MR) is 75.8 cm³/mol. The molecule has 1 aliphatic heterocycles. The maximum atomic E-state index is 12.7. The van der Waals surface area contributed by atoms with Gasteiger partial charge in [0.05, 0.1) is 4.90 Å². The number of carbonyl (C=O) groups excluding carboxylic acids is 1. The van der Waals surface area contributed by atoms with E-state index in [4.69, 9.17) is 5.73 Å². The number of nitrogens with two attached hydrogens (primary N) is 1. The van der Waals surface area contributed by atoms with E-state index in [1.807, 2.05) is 13.8 Å². The highest BCUT2D eigenvalue weighted by Gasteiger charge is 2.34. The number of primary amides is 1. The first-order chi connectivity index (χ1) is 9.34. The Labute approximate surface area is 119 Å². The number of amides is 1. The zero-order valence-electron chi connectivity index (χ0n) is 11.5. The second-order valence-electron chi connectivity index (χ2n) is 4.99. The zero-order chi connectivity index (χ0) is 14.9.